The van der Waals surface area contributed by atoms with Crippen LogP contribution in [-0.2, 0) is 21.2 Å². The molecule has 1 N–H and O–H groups in total. The third-order valence-corrected chi connectivity index (χ3v) is 6.72. The van der Waals surface area contributed by atoms with Crippen LogP contribution in [-0.4, -0.2) is 33.1 Å². The average molecular weight is 491 g/mol. The summed E-state index contributed by atoms with van der Waals surface area (Å²) in [5.41, 5.74) is -1.62. The summed E-state index contributed by atoms with van der Waals surface area (Å²) < 4.78 is 53.5. The smallest absolute Gasteiger partial charge is 0.374 e. The highest BCUT2D eigenvalue weighted by Crippen LogP contribution is 2.49. The first kappa shape index (κ1) is 22.1. The van der Waals surface area contributed by atoms with Crippen LogP contribution in [0.3, 0.4) is 0 Å². The van der Waals surface area contributed by atoms with Crippen molar-refractivity contribution in [3.8, 4) is 0 Å². The number of carbonyl (C=O) groups is 1. The molecule has 0 aromatic heterocycles. The summed E-state index contributed by atoms with van der Waals surface area (Å²) >= 11 is 11.8. The number of amides is 1. The van der Waals surface area contributed by atoms with Crippen molar-refractivity contribution >= 4 is 45.6 Å². The molecule has 0 bridgehead atoms. The number of aryl methyl sites for hydroxylation is 1. The molecular weight excluding hydrogens is 476 g/mol. The van der Waals surface area contributed by atoms with Gasteiger partial charge in [-0.05, 0) is 48.4 Å². The standard InChI is InChI=1S/C20H15Cl2F3N2O3S/c1-10-4-11(2-3-15(10)18(28)26-17-9-31(17)29)16-8-19(30-27-16,20(23,24)25)12-5-13(21)7-14(22)6-12/h2-7,17H,8-9H2,1H3,(H,26,28). The molecule has 1 amide bonds. The van der Waals surface area contributed by atoms with E-state index in [4.69, 9.17) is 28.0 Å². The van der Waals surface area contributed by atoms with Gasteiger partial charge in [-0.1, -0.05) is 34.4 Å². The lowest BCUT2D eigenvalue weighted by molar-refractivity contribution is -0.275. The van der Waals surface area contributed by atoms with Crippen molar-refractivity contribution in [3.63, 3.8) is 0 Å². The fourth-order valence-electron chi connectivity index (χ4n) is 3.38. The number of nitrogens with zero attached hydrogens (tertiary/aromatic N) is 1. The molecule has 0 saturated carbocycles. The number of alkyl halides is 3. The van der Waals surface area contributed by atoms with Crippen molar-refractivity contribution in [2.24, 2.45) is 5.16 Å². The quantitative estimate of drug-likeness (QED) is 0.631. The highest BCUT2D eigenvalue weighted by atomic mass is 35.5. The summed E-state index contributed by atoms with van der Waals surface area (Å²) in [4.78, 5) is 17.3. The van der Waals surface area contributed by atoms with Gasteiger partial charge >= 0.3 is 6.18 Å². The first-order valence-electron chi connectivity index (χ1n) is 9.07. The van der Waals surface area contributed by atoms with Crippen LogP contribution in [0, 0.1) is 6.92 Å². The number of nitrogens with one attached hydrogen (secondary N) is 1. The lowest BCUT2D eigenvalue weighted by Gasteiger charge is -2.29. The van der Waals surface area contributed by atoms with Crippen LogP contribution in [0.4, 0.5) is 13.2 Å². The van der Waals surface area contributed by atoms with E-state index in [9.17, 15) is 22.2 Å². The predicted octanol–water partition coefficient (Wildman–Crippen LogP) is 4.70. The van der Waals surface area contributed by atoms with E-state index in [0.29, 0.717) is 22.4 Å². The fourth-order valence-corrected chi connectivity index (χ4v) is 4.62. The Morgan fingerprint density at radius 3 is 2.42 bits per heavy atom. The third kappa shape index (κ3) is 4.18. The van der Waals surface area contributed by atoms with E-state index in [1.165, 1.54) is 18.2 Å². The summed E-state index contributed by atoms with van der Waals surface area (Å²) in [7, 11) is -1.04. The summed E-state index contributed by atoms with van der Waals surface area (Å²) in [5.74, 6) is 0.0343. The van der Waals surface area contributed by atoms with Gasteiger partial charge in [-0.2, -0.15) is 13.2 Å². The highest BCUT2D eigenvalue weighted by molar-refractivity contribution is 7.92. The maximum Gasteiger partial charge on any atom is 0.435 e. The SMILES string of the molecule is Cc1cc(C2=NOC(c3cc(Cl)cc(Cl)c3)(C(F)(F)F)C2)ccc1C(=O)NC1CS1=O. The molecule has 2 heterocycles. The van der Waals surface area contributed by atoms with Gasteiger partial charge in [0.25, 0.3) is 11.5 Å². The minimum atomic E-state index is -4.79. The second-order valence-corrected chi connectivity index (χ2v) is 9.86. The second-order valence-electron chi connectivity index (χ2n) is 7.33. The Morgan fingerprint density at radius 1 is 1.23 bits per heavy atom. The van der Waals surface area contributed by atoms with E-state index in [1.54, 1.807) is 13.0 Å². The van der Waals surface area contributed by atoms with Crippen molar-refractivity contribution in [1.29, 1.82) is 0 Å². The summed E-state index contributed by atoms with van der Waals surface area (Å²) in [6, 6.07) is 8.21. The first-order chi connectivity index (χ1) is 14.5. The van der Waals surface area contributed by atoms with E-state index < -0.39 is 29.0 Å². The molecule has 2 aromatic rings. The molecule has 31 heavy (non-hydrogen) atoms. The summed E-state index contributed by atoms with van der Waals surface area (Å²) in [5, 5.41) is 6.11. The number of halogens is 5. The molecule has 3 unspecified atom stereocenters. The molecule has 0 spiro atoms. The van der Waals surface area contributed by atoms with Gasteiger partial charge in [0.2, 0.25) is 0 Å². The van der Waals surface area contributed by atoms with Gasteiger partial charge in [-0.3, -0.25) is 9.00 Å². The van der Waals surface area contributed by atoms with Gasteiger partial charge in [-0.25, -0.2) is 0 Å². The van der Waals surface area contributed by atoms with Crippen molar-refractivity contribution in [2.45, 2.75) is 30.5 Å². The molecule has 1 fully saturated rings. The largest absolute Gasteiger partial charge is 0.435 e. The van der Waals surface area contributed by atoms with Gasteiger partial charge < -0.3 is 10.2 Å². The number of benzene rings is 2. The molecule has 3 atom stereocenters. The van der Waals surface area contributed by atoms with Gasteiger partial charge in [0, 0.05) is 38.4 Å². The maximum atomic E-state index is 14.1. The number of oxime groups is 1. The van der Waals surface area contributed by atoms with Crippen LogP contribution >= 0.6 is 23.2 Å². The molecule has 2 aromatic carbocycles. The number of carbonyl (C=O) groups excluding carboxylic acids is 1. The minimum absolute atomic E-state index is 0.0472. The molecule has 0 aliphatic carbocycles. The van der Waals surface area contributed by atoms with E-state index in [0.717, 1.165) is 12.1 Å². The normalized spacial score (nSPS) is 25.0. The fraction of sp³-hybridized carbons (Fsp3) is 0.300. The van der Waals surface area contributed by atoms with Crippen molar-refractivity contribution < 1.29 is 27.0 Å². The van der Waals surface area contributed by atoms with Crippen LogP contribution in [0.5, 0.6) is 0 Å². The molecule has 164 valence electrons. The lowest BCUT2D eigenvalue weighted by atomic mass is 9.86. The van der Waals surface area contributed by atoms with Gasteiger partial charge in [-0.15, -0.1) is 0 Å². The van der Waals surface area contributed by atoms with E-state index >= 15 is 0 Å². The lowest BCUT2D eigenvalue weighted by Crippen LogP contribution is -2.42. The van der Waals surface area contributed by atoms with Crippen molar-refractivity contribution in [3.05, 3.63) is 68.7 Å². The molecule has 1 saturated heterocycles. The molecule has 0 radical (unpaired) electrons. The van der Waals surface area contributed by atoms with Crippen molar-refractivity contribution in [1.82, 2.24) is 5.32 Å². The van der Waals surface area contributed by atoms with Crippen LogP contribution in [0.15, 0.2) is 41.6 Å². The number of hydrogen-bond acceptors (Lipinski definition) is 4. The maximum absolute atomic E-state index is 14.1. The molecule has 2 aliphatic heterocycles. The zero-order valence-electron chi connectivity index (χ0n) is 15.9. The van der Waals surface area contributed by atoms with E-state index in [2.05, 4.69) is 10.5 Å². The minimum Gasteiger partial charge on any atom is -0.374 e. The monoisotopic (exact) mass is 490 g/mol. The van der Waals surface area contributed by atoms with Gasteiger partial charge in [0.15, 0.2) is 0 Å². The Hall–Kier alpha value is -2.10. The van der Waals surface area contributed by atoms with Crippen molar-refractivity contribution in [2.75, 3.05) is 5.75 Å². The number of hydrogen-bond donors (Lipinski definition) is 1. The summed E-state index contributed by atoms with van der Waals surface area (Å²) in [6.45, 7) is 1.66. The van der Waals surface area contributed by atoms with Gasteiger partial charge in [0.1, 0.15) is 5.37 Å². The average Bonchev–Trinajstić information content (AvgIpc) is 3.16. The first-order valence-corrected chi connectivity index (χ1v) is 11.2. The number of rotatable bonds is 4. The highest BCUT2D eigenvalue weighted by Gasteiger charge is 2.62. The molecule has 11 heteroatoms. The Morgan fingerprint density at radius 2 is 1.87 bits per heavy atom. The van der Waals surface area contributed by atoms with Gasteiger partial charge in [0.05, 0.1) is 11.5 Å². The zero-order chi connectivity index (χ0) is 22.6. The van der Waals surface area contributed by atoms with Crippen LogP contribution < -0.4 is 5.32 Å². The third-order valence-electron chi connectivity index (χ3n) is 5.13. The van der Waals surface area contributed by atoms with E-state index in [1.807, 2.05) is 0 Å². The summed E-state index contributed by atoms with van der Waals surface area (Å²) in [6.07, 6.45) is -5.37. The Balaban J connectivity index is 1.62. The molecule has 2 aliphatic rings. The molecule has 4 rings (SSSR count). The van der Waals surface area contributed by atoms with E-state index in [-0.39, 0.29) is 32.6 Å². The molecule has 5 nitrogen and oxygen atoms in total. The Kier molecular flexibility index (Phi) is 5.56. The van der Waals surface area contributed by atoms with Crippen LogP contribution in [0.1, 0.15) is 33.5 Å². The predicted molar refractivity (Wildman–Crippen MR) is 112 cm³/mol. The second kappa shape index (κ2) is 7.79. The zero-order valence-corrected chi connectivity index (χ0v) is 18.3. The molecular formula is C20H15Cl2F3N2O3S. The Labute approximate surface area is 188 Å². The topological polar surface area (TPSA) is 67.8 Å². The van der Waals surface area contributed by atoms with Crippen LogP contribution in [0.2, 0.25) is 10.0 Å². The Bertz CT molecular complexity index is 1120. The van der Waals surface area contributed by atoms with Crippen LogP contribution in [0.25, 0.3) is 0 Å².